The highest BCUT2D eigenvalue weighted by Gasteiger charge is 2.24. The maximum absolute atomic E-state index is 11.6. The summed E-state index contributed by atoms with van der Waals surface area (Å²) in [5.74, 6) is 0.883. The molecule has 0 aromatic heterocycles. The molecule has 1 rings (SSSR count). The van der Waals surface area contributed by atoms with Gasteiger partial charge in [0.2, 0.25) is 11.8 Å². The van der Waals surface area contributed by atoms with Crippen LogP contribution in [0.1, 0.15) is 33.1 Å². The van der Waals surface area contributed by atoms with Gasteiger partial charge in [-0.2, -0.15) is 0 Å². The van der Waals surface area contributed by atoms with Gasteiger partial charge in [-0.05, 0) is 31.1 Å². The van der Waals surface area contributed by atoms with Gasteiger partial charge in [0, 0.05) is 6.04 Å². The lowest BCUT2D eigenvalue weighted by Crippen LogP contribution is -2.45. The molecule has 1 aliphatic carbocycles. The van der Waals surface area contributed by atoms with Crippen molar-refractivity contribution in [3.63, 3.8) is 0 Å². The molecule has 2 amide bonds. The largest absolute Gasteiger partial charge is 0.352 e. The van der Waals surface area contributed by atoms with Gasteiger partial charge in [-0.3, -0.25) is 9.59 Å². The lowest BCUT2D eigenvalue weighted by Gasteiger charge is -2.31. The van der Waals surface area contributed by atoms with E-state index in [1.807, 2.05) is 0 Å². The Morgan fingerprint density at radius 1 is 1.11 bits per heavy atom. The molecule has 106 valence electrons. The molecule has 0 aromatic carbocycles. The number of carbonyl (C=O) groups excluding carboxylic acids is 2. The molecule has 0 spiro atoms. The van der Waals surface area contributed by atoms with E-state index in [9.17, 15) is 9.59 Å². The van der Waals surface area contributed by atoms with Gasteiger partial charge in [0.05, 0.1) is 13.1 Å². The molecule has 0 aromatic rings. The van der Waals surface area contributed by atoms with Crippen molar-refractivity contribution in [2.75, 3.05) is 13.1 Å². The molecule has 0 aliphatic heterocycles. The number of hydrogen-bond donors (Lipinski definition) is 3. The SMILES string of the molecule is CC1CC(C)CC(NC(=O)CNC(=O)CN)C1.Cl. The molecule has 0 saturated heterocycles. The number of nitrogens with two attached hydrogens (primary N) is 1. The Labute approximate surface area is 115 Å². The zero-order valence-corrected chi connectivity index (χ0v) is 11.9. The van der Waals surface area contributed by atoms with Crippen LogP contribution in [-0.2, 0) is 9.59 Å². The van der Waals surface area contributed by atoms with Crippen LogP contribution in [-0.4, -0.2) is 30.9 Å². The van der Waals surface area contributed by atoms with Crippen LogP contribution < -0.4 is 16.4 Å². The monoisotopic (exact) mass is 277 g/mol. The predicted molar refractivity (Wildman–Crippen MR) is 73.4 cm³/mol. The fourth-order valence-corrected chi connectivity index (χ4v) is 2.59. The molecule has 0 heterocycles. The molecular weight excluding hydrogens is 254 g/mol. The second-order valence-corrected chi connectivity index (χ2v) is 5.16. The molecule has 0 radical (unpaired) electrons. The minimum Gasteiger partial charge on any atom is -0.352 e. The third-order valence-electron chi connectivity index (χ3n) is 3.18. The van der Waals surface area contributed by atoms with Gasteiger partial charge in [-0.1, -0.05) is 13.8 Å². The first kappa shape index (κ1) is 17.2. The van der Waals surface area contributed by atoms with Crippen molar-refractivity contribution in [1.82, 2.24) is 10.6 Å². The Balaban J connectivity index is 0.00000289. The highest BCUT2D eigenvalue weighted by molar-refractivity contribution is 5.85. The molecule has 2 atom stereocenters. The lowest BCUT2D eigenvalue weighted by atomic mass is 9.80. The van der Waals surface area contributed by atoms with Crippen molar-refractivity contribution in [3.05, 3.63) is 0 Å². The second-order valence-electron chi connectivity index (χ2n) is 5.16. The third-order valence-corrected chi connectivity index (χ3v) is 3.18. The topological polar surface area (TPSA) is 84.2 Å². The van der Waals surface area contributed by atoms with Crippen LogP contribution in [0.4, 0.5) is 0 Å². The van der Waals surface area contributed by atoms with Gasteiger partial charge in [0.1, 0.15) is 0 Å². The maximum atomic E-state index is 11.6. The summed E-state index contributed by atoms with van der Waals surface area (Å²) in [7, 11) is 0. The van der Waals surface area contributed by atoms with Gasteiger partial charge in [-0.15, -0.1) is 12.4 Å². The zero-order chi connectivity index (χ0) is 12.8. The van der Waals surface area contributed by atoms with Gasteiger partial charge in [0.25, 0.3) is 0 Å². The zero-order valence-electron chi connectivity index (χ0n) is 11.1. The van der Waals surface area contributed by atoms with Crippen LogP contribution in [0.15, 0.2) is 0 Å². The fourth-order valence-electron chi connectivity index (χ4n) is 2.59. The van der Waals surface area contributed by atoms with Crippen molar-refractivity contribution in [3.8, 4) is 0 Å². The van der Waals surface area contributed by atoms with Gasteiger partial charge < -0.3 is 16.4 Å². The van der Waals surface area contributed by atoms with Crippen molar-refractivity contribution in [2.24, 2.45) is 17.6 Å². The number of carbonyl (C=O) groups is 2. The minimum absolute atomic E-state index is 0. The Hall–Kier alpha value is -0.810. The van der Waals surface area contributed by atoms with E-state index in [2.05, 4.69) is 24.5 Å². The summed E-state index contributed by atoms with van der Waals surface area (Å²) >= 11 is 0. The van der Waals surface area contributed by atoms with E-state index in [1.165, 1.54) is 6.42 Å². The first-order chi connectivity index (χ1) is 8.01. The number of halogens is 1. The first-order valence-corrected chi connectivity index (χ1v) is 6.27. The van der Waals surface area contributed by atoms with Crippen molar-refractivity contribution < 1.29 is 9.59 Å². The predicted octanol–water partition coefficient (Wildman–Crippen LogP) is 0.424. The van der Waals surface area contributed by atoms with E-state index in [0.717, 1.165) is 12.8 Å². The average Bonchev–Trinajstić information content (AvgIpc) is 2.24. The molecule has 5 nitrogen and oxygen atoms in total. The Morgan fingerprint density at radius 2 is 1.67 bits per heavy atom. The van der Waals surface area contributed by atoms with Gasteiger partial charge in [-0.25, -0.2) is 0 Å². The van der Waals surface area contributed by atoms with Crippen LogP contribution in [0.5, 0.6) is 0 Å². The Kier molecular flexibility index (Phi) is 7.95. The minimum atomic E-state index is -0.300. The van der Waals surface area contributed by atoms with E-state index in [1.54, 1.807) is 0 Å². The van der Waals surface area contributed by atoms with Crippen molar-refractivity contribution >= 4 is 24.2 Å². The molecule has 1 aliphatic rings. The summed E-state index contributed by atoms with van der Waals surface area (Å²) in [4.78, 5) is 22.5. The lowest BCUT2D eigenvalue weighted by molar-refractivity contribution is -0.126. The molecule has 18 heavy (non-hydrogen) atoms. The standard InChI is InChI=1S/C12H23N3O2.ClH/c1-8-3-9(2)5-10(4-8)15-12(17)7-14-11(16)6-13;/h8-10H,3-7,13H2,1-2H3,(H,14,16)(H,15,17);1H. The normalized spacial score (nSPS) is 26.9. The highest BCUT2D eigenvalue weighted by Crippen LogP contribution is 2.28. The van der Waals surface area contributed by atoms with E-state index < -0.39 is 0 Å². The van der Waals surface area contributed by atoms with E-state index in [-0.39, 0.29) is 43.4 Å². The number of rotatable bonds is 4. The van der Waals surface area contributed by atoms with E-state index in [4.69, 9.17) is 5.73 Å². The van der Waals surface area contributed by atoms with Crippen LogP contribution in [0.2, 0.25) is 0 Å². The average molecular weight is 278 g/mol. The quantitative estimate of drug-likeness (QED) is 0.696. The molecular formula is C12H24ClN3O2. The van der Waals surface area contributed by atoms with Crippen LogP contribution in [0.25, 0.3) is 0 Å². The van der Waals surface area contributed by atoms with Gasteiger partial charge in [0.15, 0.2) is 0 Å². The smallest absolute Gasteiger partial charge is 0.239 e. The third kappa shape index (κ3) is 6.21. The molecule has 1 fully saturated rings. The number of amides is 2. The van der Waals surface area contributed by atoms with Crippen LogP contribution >= 0.6 is 12.4 Å². The van der Waals surface area contributed by atoms with Crippen molar-refractivity contribution in [1.29, 1.82) is 0 Å². The van der Waals surface area contributed by atoms with Crippen LogP contribution in [0.3, 0.4) is 0 Å². The summed E-state index contributed by atoms with van der Waals surface area (Å²) in [5.41, 5.74) is 5.14. The molecule has 4 N–H and O–H groups in total. The Morgan fingerprint density at radius 3 is 2.17 bits per heavy atom. The second kappa shape index (κ2) is 8.32. The number of hydrogen-bond acceptors (Lipinski definition) is 3. The summed E-state index contributed by atoms with van der Waals surface area (Å²) in [6.45, 7) is 4.37. The van der Waals surface area contributed by atoms with E-state index >= 15 is 0 Å². The molecule has 2 unspecified atom stereocenters. The summed E-state index contributed by atoms with van der Waals surface area (Å²) in [6, 6.07) is 0.246. The molecule has 1 saturated carbocycles. The summed E-state index contributed by atoms with van der Waals surface area (Å²) in [5, 5.41) is 5.43. The maximum Gasteiger partial charge on any atom is 0.239 e. The van der Waals surface area contributed by atoms with Gasteiger partial charge >= 0.3 is 0 Å². The fraction of sp³-hybridized carbons (Fsp3) is 0.833. The molecule has 0 bridgehead atoms. The summed E-state index contributed by atoms with van der Waals surface area (Å²) in [6.07, 6.45) is 3.29. The molecule has 6 heteroatoms. The summed E-state index contributed by atoms with van der Waals surface area (Å²) < 4.78 is 0. The van der Waals surface area contributed by atoms with Crippen molar-refractivity contribution in [2.45, 2.75) is 39.2 Å². The number of nitrogens with one attached hydrogen (secondary N) is 2. The van der Waals surface area contributed by atoms with E-state index in [0.29, 0.717) is 11.8 Å². The Bertz CT molecular complexity index is 276. The first-order valence-electron chi connectivity index (χ1n) is 6.27. The highest BCUT2D eigenvalue weighted by atomic mass is 35.5. The van der Waals surface area contributed by atoms with Crippen LogP contribution in [0, 0.1) is 11.8 Å².